The molecule has 0 bridgehead atoms. The summed E-state index contributed by atoms with van der Waals surface area (Å²) in [4.78, 5) is 2.71. The molecule has 0 aliphatic heterocycles. The van der Waals surface area contributed by atoms with Gasteiger partial charge in [-0.15, -0.1) is 16.4 Å². The molecule has 2 aromatic rings. The molecule has 0 aromatic carbocycles. The molecule has 0 radical (unpaired) electrons. The Morgan fingerprint density at radius 1 is 1.47 bits per heavy atom. The number of nitrogens with one attached hydrogen (secondary N) is 1. The van der Waals surface area contributed by atoms with Gasteiger partial charge in [0.05, 0.1) is 18.8 Å². The molecule has 0 saturated heterocycles. The monoisotopic (exact) mass is 280 g/mol. The average molecular weight is 280 g/mol. The molecule has 5 nitrogen and oxygen atoms in total. The summed E-state index contributed by atoms with van der Waals surface area (Å²) in [6, 6.07) is 2.54. The smallest absolute Gasteiger partial charge is 0.0965 e. The lowest BCUT2D eigenvalue weighted by atomic mass is 10.1. The van der Waals surface area contributed by atoms with Crippen LogP contribution < -0.4 is 5.32 Å². The molecule has 104 valence electrons. The van der Waals surface area contributed by atoms with Gasteiger partial charge in [0.2, 0.25) is 0 Å². The number of hydrogen-bond acceptors (Lipinski definition) is 5. The Labute approximate surface area is 117 Å². The minimum absolute atomic E-state index is 0.0833. The van der Waals surface area contributed by atoms with Crippen LogP contribution in [0.2, 0.25) is 0 Å². The van der Waals surface area contributed by atoms with E-state index in [9.17, 15) is 0 Å². The highest BCUT2D eigenvalue weighted by atomic mass is 32.1. The maximum Gasteiger partial charge on any atom is 0.0965 e. The molecule has 0 spiro atoms. The van der Waals surface area contributed by atoms with Gasteiger partial charge in [-0.3, -0.25) is 0 Å². The molecule has 1 unspecified atom stereocenters. The zero-order valence-corrected chi connectivity index (χ0v) is 12.4. The van der Waals surface area contributed by atoms with Gasteiger partial charge in [0.1, 0.15) is 0 Å². The first-order valence-electron chi connectivity index (χ1n) is 6.40. The van der Waals surface area contributed by atoms with Crippen molar-refractivity contribution in [2.24, 2.45) is 0 Å². The molecule has 0 fully saturated rings. The number of aliphatic hydroxyl groups is 1. The Balaban J connectivity index is 1.92. The predicted octanol–water partition coefficient (Wildman–Crippen LogP) is 1.80. The second-order valence-corrected chi connectivity index (χ2v) is 6.13. The zero-order chi connectivity index (χ0) is 13.8. The third kappa shape index (κ3) is 3.62. The Morgan fingerprint density at radius 3 is 2.89 bits per heavy atom. The van der Waals surface area contributed by atoms with Crippen molar-refractivity contribution in [2.45, 2.75) is 39.9 Å². The van der Waals surface area contributed by atoms with Gasteiger partial charge in [0, 0.05) is 28.5 Å². The third-order valence-corrected chi connectivity index (χ3v) is 4.03. The van der Waals surface area contributed by atoms with Crippen LogP contribution in [0.1, 0.15) is 34.0 Å². The van der Waals surface area contributed by atoms with Crippen LogP contribution in [0.25, 0.3) is 0 Å². The Hall–Kier alpha value is -1.24. The number of hydrogen-bond donors (Lipinski definition) is 2. The number of nitrogens with zero attached hydrogens (tertiary/aromatic N) is 3. The van der Waals surface area contributed by atoms with Gasteiger partial charge in [-0.25, -0.2) is 4.68 Å². The molecule has 2 rings (SSSR count). The van der Waals surface area contributed by atoms with E-state index in [1.54, 1.807) is 4.68 Å². The summed E-state index contributed by atoms with van der Waals surface area (Å²) in [6.07, 6.45) is 1.86. The van der Waals surface area contributed by atoms with Crippen LogP contribution in [0, 0.1) is 13.8 Å². The van der Waals surface area contributed by atoms with E-state index in [2.05, 4.69) is 42.5 Å². The molecule has 0 aliphatic carbocycles. The second-order valence-electron chi connectivity index (χ2n) is 4.67. The summed E-state index contributed by atoms with van der Waals surface area (Å²) < 4.78 is 1.65. The summed E-state index contributed by atoms with van der Waals surface area (Å²) in [5.41, 5.74) is 2.25. The van der Waals surface area contributed by atoms with Gasteiger partial charge in [-0.1, -0.05) is 5.21 Å². The van der Waals surface area contributed by atoms with Gasteiger partial charge in [0.25, 0.3) is 0 Å². The quantitative estimate of drug-likeness (QED) is 0.847. The van der Waals surface area contributed by atoms with E-state index >= 15 is 0 Å². The standard InChI is InChI=1S/C13H20N4OS/c1-9-6-13(11(3)19-9)10(2)14-7-12-8-17(4-5-18)16-15-12/h6,8,10,14,18H,4-5,7H2,1-3H3. The fourth-order valence-electron chi connectivity index (χ4n) is 2.08. The summed E-state index contributed by atoms with van der Waals surface area (Å²) in [5.74, 6) is 0. The number of aromatic nitrogens is 3. The van der Waals surface area contributed by atoms with Crippen LogP contribution in [0.15, 0.2) is 12.3 Å². The molecule has 2 heterocycles. The van der Waals surface area contributed by atoms with Crippen molar-refractivity contribution in [3.8, 4) is 0 Å². The van der Waals surface area contributed by atoms with Crippen LogP contribution >= 0.6 is 11.3 Å². The summed E-state index contributed by atoms with van der Waals surface area (Å²) in [5, 5.41) is 20.3. The van der Waals surface area contributed by atoms with Crippen molar-refractivity contribution in [1.82, 2.24) is 20.3 Å². The minimum Gasteiger partial charge on any atom is -0.394 e. The maximum atomic E-state index is 8.83. The van der Waals surface area contributed by atoms with Crippen LogP contribution in [0.5, 0.6) is 0 Å². The van der Waals surface area contributed by atoms with E-state index in [0.717, 1.165) is 5.69 Å². The van der Waals surface area contributed by atoms with Crippen molar-refractivity contribution in [3.05, 3.63) is 33.3 Å². The average Bonchev–Trinajstić information content (AvgIpc) is 2.93. The van der Waals surface area contributed by atoms with Crippen molar-refractivity contribution < 1.29 is 5.11 Å². The van der Waals surface area contributed by atoms with Crippen molar-refractivity contribution >= 4 is 11.3 Å². The second kappa shape index (κ2) is 6.27. The molecular formula is C13H20N4OS. The van der Waals surface area contributed by atoms with Crippen LogP contribution in [0.3, 0.4) is 0 Å². The van der Waals surface area contributed by atoms with E-state index in [0.29, 0.717) is 19.1 Å². The molecule has 0 amide bonds. The van der Waals surface area contributed by atoms with Gasteiger partial charge >= 0.3 is 0 Å². The molecular weight excluding hydrogens is 260 g/mol. The minimum atomic E-state index is 0.0833. The number of aryl methyl sites for hydroxylation is 2. The molecule has 0 saturated carbocycles. The van der Waals surface area contributed by atoms with Crippen LogP contribution in [-0.2, 0) is 13.1 Å². The zero-order valence-electron chi connectivity index (χ0n) is 11.6. The molecule has 6 heteroatoms. The number of rotatable bonds is 6. The van der Waals surface area contributed by atoms with E-state index in [-0.39, 0.29) is 6.61 Å². The first-order chi connectivity index (χ1) is 9.10. The van der Waals surface area contributed by atoms with E-state index in [1.165, 1.54) is 15.3 Å². The van der Waals surface area contributed by atoms with Crippen LogP contribution in [-0.4, -0.2) is 26.7 Å². The lowest BCUT2D eigenvalue weighted by Gasteiger charge is -2.12. The summed E-state index contributed by atoms with van der Waals surface area (Å²) in [7, 11) is 0. The normalized spacial score (nSPS) is 12.8. The van der Waals surface area contributed by atoms with Crippen molar-refractivity contribution in [1.29, 1.82) is 0 Å². The lowest BCUT2D eigenvalue weighted by Crippen LogP contribution is -2.18. The lowest BCUT2D eigenvalue weighted by molar-refractivity contribution is 0.268. The van der Waals surface area contributed by atoms with E-state index < -0.39 is 0 Å². The molecule has 0 aliphatic rings. The first-order valence-corrected chi connectivity index (χ1v) is 7.22. The largest absolute Gasteiger partial charge is 0.394 e. The maximum absolute atomic E-state index is 8.83. The topological polar surface area (TPSA) is 63.0 Å². The van der Waals surface area contributed by atoms with Gasteiger partial charge in [0.15, 0.2) is 0 Å². The molecule has 2 aromatic heterocycles. The molecule has 2 N–H and O–H groups in total. The molecule has 19 heavy (non-hydrogen) atoms. The fourth-order valence-corrected chi connectivity index (χ4v) is 3.10. The van der Waals surface area contributed by atoms with Crippen LogP contribution in [0.4, 0.5) is 0 Å². The first kappa shape index (κ1) is 14.2. The highest BCUT2D eigenvalue weighted by molar-refractivity contribution is 7.12. The van der Waals surface area contributed by atoms with Gasteiger partial charge in [-0.2, -0.15) is 0 Å². The Bertz CT molecular complexity index is 534. The SMILES string of the molecule is Cc1cc(C(C)NCc2cn(CCO)nn2)c(C)s1. The number of aliphatic hydroxyl groups excluding tert-OH is 1. The van der Waals surface area contributed by atoms with Gasteiger partial charge in [-0.05, 0) is 32.4 Å². The molecule has 1 atom stereocenters. The Morgan fingerprint density at radius 2 is 2.26 bits per heavy atom. The highest BCUT2D eigenvalue weighted by Gasteiger charge is 2.11. The highest BCUT2D eigenvalue weighted by Crippen LogP contribution is 2.26. The predicted molar refractivity (Wildman–Crippen MR) is 76.2 cm³/mol. The fraction of sp³-hybridized carbons (Fsp3) is 0.538. The van der Waals surface area contributed by atoms with Crippen molar-refractivity contribution in [3.63, 3.8) is 0 Å². The third-order valence-electron chi connectivity index (χ3n) is 3.05. The van der Waals surface area contributed by atoms with E-state index in [1.807, 2.05) is 17.5 Å². The van der Waals surface area contributed by atoms with Gasteiger partial charge < -0.3 is 10.4 Å². The number of thiophene rings is 1. The van der Waals surface area contributed by atoms with E-state index in [4.69, 9.17) is 5.11 Å². The Kier molecular flexibility index (Phi) is 4.68. The summed E-state index contributed by atoms with van der Waals surface area (Å²) in [6.45, 7) is 7.70. The van der Waals surface area contributed by atoms with Crippen molar-refractivity contribution in [2.75, 3.05) is 6.61 Å². The summed E-state index contributed by atoms with van der Waals surface area (Å²) >= 11 is 1.83.